The van der Waals surface area contributed by atoms with E-state index in [0.717, 1.165) is 30.3 Å². The van der Waals surface area contributed by atoms with Crippen molar-refractivity contribution in [1.82, 2.24) is 15.3 Å². The molecule has 5 heteroatoms. The Hall–Kier alpha value is -2.24. The van der Waals surface area contributed by atoms with Gasteiger partial charge in [0.05, 0.1) is 10.7 Å². The van der Waals surface area contributed by atoms with E-state index in [2.05, 4.69) is 69.7 Å². The number of benzene rings is 1. The van der Waals surface area contributed by atoms with Gasteiger partial charge in [-0.1, -0.05) is 12.1 Å². The summed E-state index contributed by atoms with van der Waals surface area (Å²) in [4.78, 5) is 11.3. The first-order valence-corrected chi connectivity index (χ1v) is 10.5. The molecule has 27 heavy (non-hydrogen) atoms. The fourth-order valence-corrected chi connectivity index (χ4v) is 4.28. The highest BCUT2D eigenvalue weighted by Gasteiger charge is 2.19. The molecule has 1 N–H and O–H groups in total. The zero-order chi connectivity index (χ0) is 18.6. The van der Waals surface area contributed by atoms with Crippen LogP contribution in [0.3, 0.4) is 0 Å². The number of rotatable bonds is 5. The van der Waals surface area contributed by atoms with Crippen LogP contribution in [0.15, 0.2) is 48.1 Å². The van der Waals surface area contributed by atoms with E-state index in [1.165, 1.54) is 35.2 Å². The molecule has 1 aliphatic rings. The van der Waals surface area contributed by atoms with Gasteiger partial charge in [-0.2, -0.15) is 0 Å². The van der Waals surface area contributed by atoms with Gasteiger partial charge in [-0.3, -0.25) is 4.98 Å². The van der Waals surface area contributed by atoms with Crippen LogP contribution in [0, 0.1) is 13.8 Å². The van der Waals surface area contributed by atoms with Gasteiger partial charge in [0.15, 0.2) is 0 Å². The largest absolute Gasteiger partial charge is 0.371 e. The molecule has 1 aromatic carbocycles. The number of nitrogens with zero attached hydrogens (tertiary/aromatic N) is 3. The van der Waals surface area contributed by atoms with Crippen molar-refractivity contribution in [2.24, 2.45) is 0 Å². The standard InChI is InChI=1S/C22H26N4S/c1-16-13-23-9-6-19(16)14-24-20-7-10-26(11-8-20)21-5-3-4-18(12-21)22-15-27-17(2)25-22/h3-6,9,12-13,15,20,24H,7-8,10-11,14H2,1-2H3. The van der Waals surface area contributed by atoms with Crippen molar-refractivity contribution in [3.8, 4) is 11.3 Å². The monoisotopic (exact) mass is 378 g/mol. The molecule has 0 aliphatic carbocycles. The van der Waals surface area contributed by atoms with Crippen LogP contribution in [0.1, 0.15) is 29.0 Å². The maximum atomic E-state index is 4.62. The molecule has 0 unspecified atom stereocenters. The summed E-state index contributed by atoms with van der Waals surface area (Å²) in [6, 6.07) is 11.5. The maximum Gasteiger partial charge on any atom is 0.0901 e. The van der Waals surface area contributed by atoms with Crippen LogP contribution in [-0.2, 0) is 6.54 Å². The Kier molecular flexibility index (Phi) is 5.50. The minimum atomic E-state index is 0.582. The quantitative estimate of drug-likeness (QED) is 0.705. The Labute approximate surface area is 165 Å². The van der Waals surface area contributed by atoms with Crippen molar-refractivity contribution in [2.45, 2.75) is 39.3 Å². The molecule has 1 saturated heterocycles. The molecule has 1 aliphatic heterocycles. The lowest BCUT2D eigenvalue weighted by Gasteiger charge is -2.34. The lowest BCUT2D eigenvalue weighted by atomic mass is 10.0. The van der Waals surface area contributed by atoms with Crippen LogP contribution in [0.4, 0.5) is 5.69 Å². The van der Waals surface area contributed by atoms with Crippen LogP contribution < -0.4 is 10.2 Å². The van der Waals surface area contributed by atoms with E-state index < -0.39 is 0 Å². The molecule has 4 nitrogen and oxygen atoms in total. The summed E-state index contributed by atoms with van der Waals surface area (Å²) in [6.07, 6.45) is 6.16. The molecule has 2 aromatic heterocycles. The predicted octanol–water partition coefficient (Wildman–Crippen LogP) is 4.58. The van der Waals surface area contributed by atoms with Gasteiger partial charge in [-0.15, -0.1) is 11.3 Å². The van der Waals surface area contributed by atoms with Gasteiger partial charge in [0.1, 0.15) is 0 Å². The number of aromatic nitrogens is 2. The highest BCUT2D eigenvalue weighted by Crippen LogP contribution is 2.27. The molecule has 0 spiro atoms. The number of hydrogen-bond acceptors (Lipinski definition) is 5. The second-order valence-electron chi connectivity index (χ2n) is 7.25. The molecule has 0 atom stereocenters. The fraction of sp³-hybridized carbons (Fsp3) is 0.364. The third-order valence-corrected chi connectivity index (χ3v) is 6.11. The molecule has 3 aromatic rings. The first-order chi connectivity index (χ1) is 13.2. The summed E-state index contributed by atoms with van der Waals surface area (Å²) in [5.74, 6) is 0. The van der Waals surface area contributed by atoms with Crippen molar-refractivity contribution in [3.63, 3.8) is 0 Å². The van der Waals surface area contributed by atoms with Gasteiger partial charge < -0.3 is 10.2 Å². The summed E-state index contributed by atoms with van der Waals surface area (Å²) >= 11 is 1.71. The topological polar surface area (TPSA) is 41.1 Å². The number of hydrogen-bond donors (Lipinski definition) is 1. The summed E-state index contributed by atoms with van der Waals surface area (Å²) in [5, 5.41) is 6.99. The molecular formula is C22H26N4S. The summed E-state index contributed by atoms with van der Waals surface area (Å²) < 4.78 is 0. The fourth-order valence-electron chi connectivity index (χ4n) is 3.65. The second-order valence-corrected chi connectivity index (χ2v) is 8.31. The zero-order valence-electron chi connectivity index (χ0n) is 16.0. The lowest BCUT2D eigenvalue weighted by Crippen LogP contribution is -2.42. The van der Waals surface area contributed by atoms with E-state index >= 15 is 0 Å². The minimum absolute atomic E-state index is 0.582. The summed E-state index contributed by atoms with van der Waals surface area (Å²) in [7, 11) is 0. The van der Waals surface area contributed by atoms with Crippen molar-refractivity contribution in [2.75, 3.05) is 18.0 Å². The maximum absolute atomic E-state index is 4.62. The van der Waals surface area contributed by atoms with E-state index in [9.17, 15) is 0 Å². The first-order valence-electron chi connectivity index (χ1n) is 9.59. The van der Waals surface area contributed by atoms with Gasteiger partial charge in [0, 0.05) is 54.7 Å². The number of nitrogens with one attached hydrogen (secondary N) is 1. The smallest absolute Gasteiger partial charge is 0.0901 e. The molecule has 1 fully saturated rings. The molecule has 4 rings (SSSR count). The Morgan fingerprint density at radius 2 is 2.04 bits per heavy atom. The summed E-state index contributed by atoms with van der Waals surface area (Å²) in [5.41, 5.74) is 6.21. The molecule has 0 bridgehead atoms. The highest BCUT2D eigenvalue weighted by molar-refractivity contribution is 7.09. The first kappa shape index (κ1) is 18.1. The number of anilines is 1. The van der Waals surface area contributed by atoms with E-state index in [1.54, 1.807) is 11.3 Å². The summed E-state index contributed by atoms with van der Waals surface area (Å²) in [6.45, 7) is 7.30. The Bertz CT molecular complexity index is 897. The van der Waals surface area contributed by atoms with Gasteiger partial charge in [-0.05, 0) is 56.0 Å². The average Bonchev–Trinajstić information content (AvgIpc) is 3.14. The molecule has 0 amide bonds. The molecular weight excluding hydrogens is 352 g/mol. The minimum Gasteiger partial charge on any atom is -0.371 e. The number of aryl methyl sites for hydroxylation is 2. The average molecular weight is 379 g/mol. The zero-order valence-corrected chi connectivity index (χ0v) is 16.8. The van der Waals surface area contributed by atoms with E-state index in [1.807, 2.05) is 12.4 Å². The number of piperidine rings is 1. The van der Waals surface area contributed by atoms with Crippen LogP contribution in [0.2, 0.25) is 0 Å². The molecule has 3 heterocycles. The van der Waals surface area contributed by atoms with Crippen molar-refractivity contribution in [3.05, 3.63) is 64.2 Å². The van der Waals surface area contributed by atoms with Gasteiger partial charge >= 0.3 is 0 Å². The Morgan fingerprint density at radius 3 is 2.78 bits per heavy atom. The Balaban J connectivity index is 1.35. The second kappa shape index (κ2) is 8.19. The van der Waals surface area contributed by atoms with Crippen molar-refractivity contribution < 1.29 is 0 Å². The molecule has 0 radical (unpaired) electrons. The van der Waals surface area contributed by atoms with Crippen molar-refractivity contribution in [1.29, 1.82) is 0 Å². The molecule has 0 saturated carbocycles. The lowest BCUT2D eigenvalue weighted by molar-refractivity contribution is 0.413. The van der Waals surface area contributed by atoms with E-state index in [4.69, 9.17) is 0 Å². The van der Waals surface area contributed by atoms with Gasteiger partial charge in [-0.25, -0.2) is 4.98 Å². The number of pyridine rings is 1. The third-order valence-electron chi connectivity index (χ3n) is 5.34. The normalized spacial score (nSPS) is 15.3. The van der Waals surface area contributed by atoms with Crippen molar-refractivity contribution >= 4 is 17.0 Å². The van der Waals surface area contributed by atoms with E-state index in [-0.39, 0.29) is 0 Å². The van der Waals surface area contributed by atoms with Crippen LogP contribution >= 0.6 is 11.3 Å². The molecule has 140 valence electrons. The van der Waals surface area contributed by atoms with Crippen LogP contribution in [-0.4, -0.2) is 29.1 Å². The Morgan fingerprint density at radius 1 is 1.19 bits per heavy atom. The highest BCUT2D eigenvalue weighted by atomic mass is 32.1. The van der Waals surface area contributed by atoms with E-state index in [0.29, 0.717) is 6.04 Å². The van der Waals surface area contributed by atoms with Gasteiger partial charge in [0.2, 0.25) is 0 Å². The number of thiazole rings is 1. The predicted molar refractivity (Wildman–Crippen MR) is 113 cm³/mol. The third kappa shape index (κ3) is 4.37. The van der Waals surface area contributed by atoms with Crippen LogP contribution in [0.25, 0.3) is 11.3 Å². The van der Waals surface area contributed by atoms with Gasteiger partial charge in [0.25, 0.3) is 0 Å². The van der Waals surface area contributed by atoms with Crippen LogP contribution in [0.5, 0.6) is 0 Å². The SMILES string of the molecule is Cc1nc(-c2cccc(N3CCC(NCc4ccncc4C)CC3)c2)cs1.